The number of thiophene rings is 1. The van der Waals surface area contributed by atoms with Crippen molar-refractivity contribution in [3.63, 3.8) is 0 Å². The predicted octanol–water partition coefficient (Wildman–Crippen LogP) is 6.70. The van der Waals surface area contributed by atoms with Crippen molar-refractivity contribution in [2.45, 2.75) is 96.4 Å². The summed E-state index contributed by atoms with van der Waals surface area (Å²) < 4.78 is 46.6. The number of hydrogen-bond donors (Lipinski definition) is 6. The van der Waals surface area contributed by atoms with Crippen LogP contribution in [0.3, 0.4) is 0 Å². The maximum absolute atomic E-state index is 16.1. The highest BCUT2D eigenvalue weighted by atomic mass is 32.1. The van der Waals surface area contributed by atoms with Gasteiger partial charge in [0, 0.05) is 88.1 Å². The van der Waals surface area contributed by atoms with E-state index in [1.165, 1.54) is 30.7 Å². The smallest absolute Gasteiger partial charge is 0.490 e. The maximum atomic E-state index is 16.1. The first-order valence-corrected chi connectivity index (χ1v) is 29.0. The number of carbonyl (C=O) groups is 6. The van der Waals surface area contributed by atoms with Gasteiger partial charge < -0.3 is 63.9 Å². The lowest BCUT2D eigenvalue weighted by molar-refractivity contribution is -0.360. The molecule has 0 bridgehead atoms. The van der Waals surface area contributed by atoms with Crippen LogP contribution >= 0.6 is 11.3 Å². The minimum atomic E-state index is -4.15. The van der Waals surface area contributed by atoms with Crippen LogP contribution in [-0.4, -0.2) is 132 Å². The van der Waals surface area contributed by atoms with E-state index in [4.69, 9.17) is 9.47 Å². The molecule has 0 unspecified atom stereocenters. The van der Waals surface area contributed by atoms with Gasteiger partial charge in [0.2, 0.25) is 29.5 Å². The van der Waals surface area contributed by atoms with Crippen LogP contribution in [0.4, 0.5) is 8.63 Å². The molecule has 21 heteroatoms. The van der Waals surface area contributed by atoms with Crippen molar-refractivity contribution in [2.75, 3.05) is 45.9 Å². The summed E-state index contributed by atoms with van der Waals surface area (Å²) in [4.78, 5) is 79.1. The Kier molecular flexibility index (Phi) is 21.2. The number of fused-ring (bicyclic) bond motifs is 2. The highest BCUT2D eigenvalue weighted by molar-refractivity contribution is 7.12. The predicted molar refractivity (Wildman–Crippen MR) is 315 cm³/mol. The van der Waals surface area contributed by atoms with E-state index in [-0.39, 0.29) is 56.4 Å². The lowest BCUT2D eigenvalue weighted by atomic mass is 9.90. The molecule has 5 heterocycles. The molecule has 17 nitrogen and oxygen atoms in total. The number of benzene rings is 3. The summed E-state index contributed by atoms with van der Waals surface area (Å²) in [7, 11) is 0. The van der Waals surface area contributed by atoms with Crippen molar-refractivity contribution in [1.82, 2.24) is 41.3 Å². The molecule has 3 aliphatic heterocycles. The van der Waals surface area contributed by atoms with E-state index in [0.717, 1.165) is 63.1 Å². The lowest BCUT2D eigenvalue weighted by Gasteiger charge is -2.32. The molecule has 0 aliphatic carbocycles. The second kappa shape index (κ2) is 29.0. The van der Waals surface area contributed by atoms with Gasteiger partial charge in [-0.25, -0.2) is 0 Å². The Morgan fingerprint density at radius 3 is 2.13 bits per heavy atom. The van der Waals surface area contributed by atoms with E-state index in [1.54, 1.807) is 73.7 Å². The second-order valence-corrected chi connectivity index (χ2v) is 21.6. The van der Waals surface area contributed by atoms with Gasteiger partial charge in [-0.3, -0.25) is 28.8 Å². The van der Waals surface area contributed by atoms with Gasteiger partial charge in [0.15, 0.2) is 18.0 Å². The minimum Gasteiger partial charge on any atom is -0.490 e. The molecular formula is C61H72BF2N9O8S. The van der Waals surface area contributed by atoms with Crippen molar-refractivity contribution in [3.8, 4) is 11.5 Å². The average molecular weight is 1140 g/mol. The van der Waals surface area contributed by atoms with Crippen LogP contribution in [0.2, 0.25) is 0 Å². The summed E-state index contributed by atoms with van der Waals surface area (Å²) in [6, 6.07) is 29.7. The van der Waals surface area contributed by atoms with Crippen LogP contribution in [0.15, 0.2) is 126 Å². The summed E-state index contributed by atoms with van der Waals surface area (Å²) in [5.41, 5.74) is 4.88. The third-order valence-corrected chi connectivity index (χ3v) is 15.3. The molecule has 3 atom stereocenters. The number of nitrogens with one attached hydrogen (secondary N) is 6. The van der Waals surface area contributed by atoms with E-state index in [9.17, 15) is 28.8 Å². The van der Waals surface area contributed by atoms with E-state index in [0.29, 0.717) is 60.9 Å². The van der Waals surface area contributed by atoms with Gasteiger partial charge in [-0.05, 0) is 111 Å². The summed E-state index contributed by atoms with van der Waals surface area (Å²) in [5.74, 6) is -0.976. The molecule has 0 radical (unpaired) electrons. The van der Waals surface area contributed by atoms with Crippen molar-refractivity contribution < 1.29 is 51.4 Å². The zero-order valence-corrected chi connectivity index (χ0v) is 47.4. The number of piperidine rings is 1. The van der Waals surface area contributed by atoms with Crippen LogP contribution < -0.4 is 41.4 Å². The number of rotatable bonds is 28. The van der Waals surface area contributed by atoms with Gasteiger partial charge in [0.25, 0.3) is 5.91 Å². The molecule has 3 aliphatic rings. The fourth-order valence-electron chi connectivity index (χ4n) is 9.87. The van der Waals surface area contributed by atoms with E-state index < -0.39 is 42.8 Å². The third kappa shape index (κ3) is 16.7. The second-order valence-electron chi connectivity index (χ2n) is 20.7. The van der Waals surface area contributed by atoms with Crippen molar-refractivity contribution in [1.29, 1.82) is 0 Å². The van der Waals surface area contributed by atoms with Crippen LogP contribution in [-0.2, 0) is 35.2 Å². The zero-order valence-electron chi connectivity index (χ0n) is 46.5. The number of amides is 6. The molecule has 0 saturated carbocycles. The Hall–Kier alpha value is -8.17. The Morgan fingerprint density at radius 1 is 0.695 bits per heavy atom. The number of likely N-dealkylation sites (tertiary alicyclic amines) is 1. The van der Waals surface area contributed by atoms with Gasteiger partial charge in [-0.2, -0.15) is 0 Å². The fraction of sp³-hybridized carbons (Fsp3) is 0.361. The van der Waals surface area contributed by atoms with E-state index >= 15 is 8.63 Å². The molecule has 1 saturated heterocycles. The number of nitrogens with zero attached hydrogens (tertiary/aromatic N) is 3. The van der Waals surface area contributed by atoms with Crippen LogP contribution in [0.1, 0.15) is 98.7 Å². The number of para-hydroxylation sites is 1. The normalized spacial score (nSPS) is 15.8. The summed E-state index contributed by atoms with van der Waals surface area (Å²) in [5, 5.41) is 18.0. The number of ether oxygens (including phenoxy) is 2. The topological polar surface area (TPSA) is 204 Å². The third-order valence-electron chi connectivity index (χ3n) is 14.4. The molecule has 2 aromatic heterocycles. The largest absolute Gasteiger partial charge is 0.737 e. The SMILES string of the molecule is C[C@@H](NC(=O)CCN1CCC(Oc2ccccc2Cc2ccccc2)CC1)C(=O)N[C@H](C)C(=O)N[C@H](C)C(=O)NCCNC(=O)CCCCCNC(=O)COc1ccc(/C=C/c2ccc3n2[B-](F)(F)[N+]2=C(c4cccs4)C=CC2=C3)cc1. The summed E-state index contributed by atoms with van der Waals surface area (Å²) in [6.07, 6.45) is 13.6. The molecule has 82 heavy (non-hydrogen) atoms. The fourth-order valence-corrected chi connectivity index (χ4v) is 10.6. The van der Waals surface area contributed by atoms with Gasteiger partial charge >= 0.3 is 6.97 Å². The van der Waals surface area contributed by atoms with Gasteiger partial charge in [0.1, 0.15) is 35.7 Å². The molecule has 6 amide bonds. The Morgan fingerprint density at radius 2 is 1.39 bits per heavy atom. The average Bonchev–Trinajstić information content (AvgIpc) is 3.31. The zero-order chi connectivity index (χ0) is 58.0. The van der Waals surface area contributed by atoms with E-state index in [2.05, 4.69) is 55.0 Å². The van der Waals surface area contributed by atoms with Crippen LogP contribution in [0.25, 0.3) is 18.2 Å². The lowest BCUT2D eigenvalue weighted by Crippen LogP contribution is -2.55. The molecule has 8 rings (SSSR count). The molecule has 432 valence electrons. The Balaban J connectivity index is 0.619. The van der Waals surface area contributed by atoms with E-state index in [1.807, 2.05) is 53.9 Å². The number of allylic oxidation sites excluding steroid dienone is 2. The molecule has 5 aromatic rings. The van der Waals surface area contributed by atoms with Gasteiger partial charge in [0.05, 0.1) is 4.88 Å². The van der Waals surface area contributed by atoms with Crippen LogP contribution in [0, 0.1) is 0 Å². The van der Waals surface area contributed by atoms with Crippen molar-refractivity contribution >= 4 is 77.7 Å². The molecule has 3 aromatic carbocycles. The monoisotopic (exact) mass is 1140 g/mol. The Labute approximate surface area is 481 Å². The summed E-state index contributed by atoms with van der Waals surface area (Å²) >= 11 is 1.42. The number of aromatic nitrogens is 1. The Bertz CT molecular complexity index is 3160. The van der Waals surface area contributed by atoms with Gasteiger partial charge in [-0.1, -0.05) is 79.2 Å². The first kappa shape index (κ1) is 59.9. The number of hydrogen-bond acceptors (Lipinski definition) is 10. The quantitative estimate of drug-likeness (QED) is 0.0233. The number of unbranched alkanes of at least 4 members (excludes halogenated alkanes) is 2. The molecule has 1 fully saturated rings. The van der Waals surface area contributed by atoms with Crippen LogP contribution in [0.5, 0.6) is 11.5 Å². The number of carbonyl (C=O) groups excluding carboxylic acids is 6. The van der Waals surface area contributed by atoms with Crippen molar-refractivity contribution in [3.05, 3.63) is 159 Å². The van der Waals surface area contributed by atoms with Gasteiger partial charge in [-0.15, -0.1) is 11.3 Å². The number of halogens is 2. The molecular weight excluding hydrogens is 1070 g/mol. The maximum Gasteiger partial charge on any atom is 0.737 e. The highest BCUT2D eigenvalue weighted by Gasteiger charge is 2.52. The first-order valence-electron chi connectivity index (χ1n) is 28.1. The minimum absolute atomic E-state index is 0.0795. The summed E-state index contributed by atoms with van der Waals surface area (Å²) in [6.45, 7) is 3.03. The highest BCUT2D eigenvalue weighted by Crippen LogP contribution is 2.35. The van der Waals surface area contributed by atoms with Crippen molar-refractivity contribution in [2.24, 2.45) is 0 Å². The molecule has 6 N–H and O–H groups in total. The molecule has 0 spiro atoms. The first-order chi connectivity index (χ1) is 39.6. The standard InChI is InChI=1S/C61H72BF2N9O8S/c1-42(69-61(79)44(3)70-60(78)43(2)68-57(75)31-37-71-35-29-52(30-36-71)81-54-16-10-9-15-47(54)39-46-13-6-4-7-14-46)59(77)67-34-33-66-56(74)18-8-5-11-32-65-58(76)41-80-51-26-20-45(21-27-51)19-22-48-23-24-49-40-50-25-28-53(55-17-12-38-82-55)73(50)62(63,64)72(48)49/h4,6-7,9-10,12-17,19-28,38,40,42-44,52H,5,8,11,18,29-37,39,41H2,1-3H3,(H,65,76)(H,66,74)(H,67,77)(H,68,75)(H,69,79)(H,70,78)/b22-19+/t42-,43-,44-/m1/s1.